The Balaban J connectivity index is 1.48. The number of carbonyl (C=O) groups is 4. The molecule has 0 spiro atoms. The largest absolute Gasteiger partial charge is 0.368 e. The van der Waals surface area contributed by atoms with Crippen molar-refractivity contribution in [2.24, 2.45) is 11.5 Å². The molecule has 0 saturated heterocycles. The fourth-order valence-corrected chi connectivity index (χ4v) is 3.58. The monoisotopic (exact) mass is 467 g/mol. The van der Waals surface area contributed by atoms with Crippen LogP contribution in [-0.2, 0) is 19.2 Å². The summed E-state index contributed by atoms with van der Waals surface area (Å²) < 4.78 is 0. The zero-order valence-electron chi connectivity index (χ0n) is 19.7. The number of hydrogen-bond acceptors (Lipinski definition) is 7. The molecule has 0 aromatic carbocycles. The minimum atomic E-state index is -0.360. The molecule has 11 heteroatoms. The summed E-state index contributed by atoms with van der Waals surface area (Å²) in [4.78, 5) is 48.7. The van der Waals surface area contributed by atoms with E-state index in [0.29, 0.717) is 44.4 Å². The summed E-state index contributed by atoms with van der Waals surface area (Å²) in [7, 11) is 1.71. The van der Waals surface area contributed by atoms with Gasteiger partial charge >= 0.3 is 0 Å². The van der Waals surface area contributed by atoms with Crippen molar-refractivity contribution in [3.8, 4) is 0 Å². The number of rotatable bonds is 19. The number of unbranched alkanes of at least 4 members (excludes halogenated alkanes) is 1. The number of amides is 4. The molecule has 2 aliphatic carbocycles. The van der Waals surface area contributed by atoms with Gasteiger partial charge in [0.1, 0.15) is 0 Å². The zero-order valence-corrected chi connectivity index (χ0v) is 19.7. The molecule has 0 radical (unpaired) electrons. The second-order valence-corrected chi connectivity index (χ2v) is 9.30. The van der Waals surface area contributed by atoms with Gasteiger partial charge in [0.2, 0.25) is 23.6 Å². The van der Waals surface area contributed by atoms with Crippen LogP contribution >= 0.6 is 0 Å². The topological polar surface area (TPSA) is 172 Å². The maximum Gasteiger partial charge on any atom is 0.234 e. The summed E-state index contributed by atoms with van der Waals surface area (Å²) >= 11 is 0. The maximum absolute atomic E-state index is 12.1. The Morgan fingerprint density at radius 2 is 1.18 bits per heavy atom. The van der Waals surface area contributed by atoms with E-state index < -0.39 is 0 Å². The molecule has 11 nitrogen and oxygen atoms in total. The van der Waals surface area contributed by atoms with Crippen LogP contribution in [0.5, 0.6) is 0 Å². The van der Waals surface area contributed by atoms with E-state index in [1.54, 1.807) is 11.9 Å². The SMILES string of the molecule is CN(CC(=O)NCCCCC(NC1CC1)C(N)=O)CC(=O)NCCCC(NC1CC1)C(N)=O. The first-order chi connectivity index (χ1) is 15.7. The highest BCUT2D eigenvalue weighted by atomic mass is 16.2. The van der Waals surface area contributed by atoms with Crippen molar-refractivity contribution < 1.29 is 19.2 Å². The molecule has 2 aliphatic rings. The van der Waals surface area contributed by atoms with E-state index in [0.717, 1.165) is 38.5 Å². The highest BCUT2D eigenvalue weighted by Gasteiger charge is 2.27. The number of likely N-dealkylation sites (N-methyl/N-ethyl adjacent to an activating group) is 1. The van der Waals surface area contributed by atoms with Crippen LogP contribution in [0.1, 0.15) is 57.8 Å². The van der Waals surface area contributed by atoms with Gasteiger partial charge in [-0.2, -0.15) is 0 Å². The van der Waals surface area contributed by atoms with Gasteiger partial charge in [-0.05, 0) is 64.8 Å². The van der Waals surface area contributed by atoms with E-state index in [1.165, 1.54) is 0 Å². The van der Waals surface area contributed by atoms with Gasteiger partial charge in [-0.25, -0.2) is 0 Å². The number of nitrogens with two attached hydrogens (primary N) is 2. The van der Waals surface area contributed by atoms with Gasteiger partial charge in [-0.3, -0.25) is 24.1 Å². The molecular formula is C22H41N7O4. The van der Waals surface area contributed by atoms with Crippen LogP contribution in [0.2, 0.25) is 0 Å². The molecule has 2 fully saturated rings. The van der Waals surface area contributed by atoms with E-state index >= 15 is 0 Å². The smallest absolute Gasteiger partial charge is 0.234 e. The van der Waals surface area contributed by atoms with Crippen LogP contribution in [-0.4, -0.2) is 85.9 Å². The predicted molar refractivity (Wildman–Crippen MR) is 125 cm³/mol. The van der Waals surface area contributed by atoms with E-state index in [-0.39, 0.29) is 48.8 Å². The highest BCUT2D eigenvalue weighted by Crippen LogP contribution is 2.20. The Hall–Kier alpha value is -2.24. The van der Waals surface area contributed by atoms with Crippen molar-refractivity contribution in [3.05, 3.63) is 0 Å². The number of nitrogens with zero attached hydrogens (tertiary/aromatic N) is 1. The molecule has 0 aliphatic heterocycles. The number of nitrogens with one attached hydrogen (secondary N) is 4. The lowest BCUT2D eigenvalue weighted by Gasteiger charge is -2.17. The van der Waals surface area contributed by atoms with Crippen LogP contribution in [0.3, 0.4) is 0 Å². The van der Waals surface area contributed by atoms with Gasteiger partial charge in [0, 0.05) is 25.2 Å². The first-order valence-electron chi connectivity index (χ1n) is 12.1. The van der Waals surface area contributed by atoms with Gasteiger partial charge in [-0.15, -0.1) is 0 Å². The molecule has 0 heterocycles. The molecule has 2 rings (SSSR count). The second kappa shape index (κ2) is 14.1. The Bertz CT molecular complexity index is 667. The van der Waals surface area contributed by atoms with Crippen molar-refractivity contribution in [1.29, 1.82) is 0 Å². The fraction of sp³-hybridized carbons (Fsp3) is 0.818. The average Bonchev–Trinajstić information content (AvgIpc) is 3.64. The molecule has 8 N–H and O–H groups in total. The molecule has 2 atom stereocenters. The third-order valence-corrected chi connectivity index (χ3v) is 5.78. The van der Waals surface area contributed by atoms with E-state index in [4.69, 9.17) is 11.5 Å². The Kier molecular flexibility index (Phi) is 11.6. The van der Waals surface area contributed by atoms with Crippen molar-refractivity contribution in [2.45, 2.75) is 82.0 Å². The molecule has 33 heavy (non-hydrogen) atoms. The van der Waals surface area contributed by atoms with Crippen LogP contribution in [0, 0.1) is 0 Å². The molecule has 2 saturated carbocycles. The van der Waals surface area contributed by atoms with Crippen LogP contribution < -0.4 is 32.7 Å². The van der Waals surface area contributed by atoms with Crippen molar-refractivity contribution in [2.75, 3.05) is 33.2 Å². The lowest BCUT2D eigenvalue weighted by atomic mass is 10.1. The van der Waals surface area contributed by atoms with Crippen LogP contribution in [0.25, 0.3) is 0 Å². The fourth-order valence-electron chi connectivity index (χ4n) is 3.58. The molecular weight excluding hydrogens is 426 g/mol. The van der Waals surface area contributed by atoms with Crippen molar-refractivity contribution in [3.63, 3.8) is 0 Å². The van der Waals surface area contributed by atoms with Crippen LogP contribution in [0.4, 0.5) is 0 Å². The predicted octanol–water partition coefficient (Wildman–Crippen LogP) is -1.69. The van der Waals surface area contributed by atoms with Crippen molar-refractivity contribution in [1.82, 2.24) is 26.2 Å². The van der Waals surface area contributed by atoms with Gasteiger partial charge in [-0.1, -0.05) is 0 Å². The summed E-state index contributed by atoms with van der Waals surface area (Å²) in [6.45, 7) is 1.20. The molecule has 4 amide bonds. The molecule has 2 unspecified atom stereocenters. The number of hydrogen-bond donors (Lipinski definition) is 6. The number of primary amides is 2. The average molecular weight is 468 g/mol. The number of carbonyl (C=O) groups excluding carboxylic acids is 4. The molecule has 0 aromatic rings. The third kappa shape index (κ3) is 12.5. The highest BCUT2D eigenvalue weighted by molar-refractivity contribution is 5.81. The van der Waals surface area contributed by atoms with Gasteiger partial charge in [0.25, 0.3) is 0 Å². The first-order valence-corrected chi connectivity index (χ1v) is 12.1. The minimum absolute atomic E-state index is 0.111. The second-order valence-electron chi connectivity index (χ2n) is 9.30. The Labute approximate surface area is 196 Å². The lowest BCUT2D eigenvalue weighted by molar-refractivity contribution is -0.125. The van der Waals surface area contributed by atoms with Gasteiger partial charge in [0.05, 0.1) is 25.2 Å². The standard InChI is InChI=1S/C22H41N7O4/c1-29(14-20(31)26-12-4-6-18(22(24)33)28-16-9-10-16)13-19(30)25-11-3-2-5-17(21(23)32)27-15-7-8-15/h15-18,27-28H,2-14H2,1H3,(H2,23,32)(H2,24,33)(H,25,30)(H,26,31). The lowest BCUT2D eigenvalue weighted by Crippen LogP contribution is -2.43. The third-order valence-electron chi connectivity index (χ3n) is 5.78. The minimum Gasteiger partial charge on any atom is -0.368 e. The van der Waals surface area contributed by atoms with Crippen LogP contribution in [0.15, 0.2) is 0 Å². The normalized spacial score (nSPS) is 17.4. The van der Waals surface area contributed by atoms with E-state index in [2.05, 4.69) is 21.3 Å². The first kappa shape index (κ1) is 27.0. The summed E-state index contributed by atoms with van der Waals surface area (Å²) in [5.41, 5.74) is 10.8. The molecule has 188 valence electrons. The molecule has 0 aromatic heterocycles. The summed E-state index contributed by atoms with van der Waals surface area (Å²) in [6, 6.07) is 0.172. The Morgan fingerprint density at radius 1 is 0.758 bits per heavy atom. The maximum atomic E-state index is 12.1. The van der Waals surface area contributed by atoms with Gasteiger partial charge < -0.3 is 32.7 Å². The quantitative estimate of drug-likeness (QED) is 0.123. The molecule has 0 bridgehead atoms. The summed E-state index contributed by atoms with van der Waals surface area (Å²) in [5.74, 6) is -1.00. The zero-order chi connectivity index (χ0) is 24.2. The summed E-state index contributed by atoms with van der Waals surface area (Å²) in [5, 5.41) is 12.1. The van der Waals surface area contributed by atoms with Gasteiger partial charge in [0.15, 0.2) is 0 Å². The van der Waals surface area contributed by atoms with E-state index in [1.807, 2.05) is 0 Å². The summed E-state index contributed by atoms with van der Waals surface area (Å²) in [6.07, 6.45) is 7.79. The van der Waals surface area contributed by atoms with E-state index in [9.17, 15) is 19.2 Å². The Morgan fingerprint density at radius 3 is 1.61 bits per heavy atom. The van der Waals surface area contributed by atoms with Crippen molar-refractivity contribution >= 4 is 23.6 Å².